The summed E-state index contributed by atoms with van der Waals surface area (Å²) in [5.74, 6) is -1.58. The second kappa shape index (κ2) is 6.19. The standard InChI is InChI=1S/C11H15NO4/c1-2-16-11(15)9(7-13)10(14)8-4-3-5-12-6-8/h3-6,9-10,13-14H,2,7H2,1H3/t9-,10-/m1/s1. The van der Waals surface area contributed by atoms with Gasteiger partial charge in [0.1, 0.15) is 5.92 Å². The summed E-state index contributed by atoms with van der Waals surface area (Å²) in [4.78, 5) is 15.3. The zero-order valence-electron chi connectivity index (χ0n) is 9.04. The van der Waals surface area contributed by atoms with E-state index >= 15 is 0 Å². The smallest absolute Gasteiger partial charge is 0.314 e. The Labute approximate surface area is 93.7 Å². The third-order valence-corrected chi connectivity index (χ3v) is 2.19. The van der Waals surface area contributed by atoms with Gasteiger partial charge in [0.25, 0.3) is 0 Å². The van der Waals surface area contributed by atoms with Gasteiger partial charge in [-0.1, -0.05) is 6.07 Å². The number of esters is 1. The third-order valence-electron chi connectivity index (χ3n) is 2.19. The Bertz CT molecular complexity index is 328. The molecule has 5 nitrogen and oxygen atoms in total. The van der Waals surface area contributed by atoms with Crippen LogP contribution in [0.4, 0.5) is 0 Å². The lowest BCUT2D eigenvalue weighted by Crippen LogP contribution is -2.27. The Kier molecular flexibility index (Phi) is 4.88. The second-order valence-corrected chi connectivity index (χ2v) is 3.27. The van der Waals surface area contributed by atoms with Gasteiger partial charge in [-0.15, -0.1) is 0 Å². The van der Waals surface area contributed by atoms with Gasteiger partial charge in [0.05, 0.1) is 19.3 Å². The Morgan fingerprint density at radius 3 is 2.88 bits per heavy atom. The molecule has 0 fully saturated rings. The minimum atomic E-state index is -1.10. The van der Waals surface area contributed by atoms with Crippen molar-refractivity contribution in [1.29, 1.82) is 0 Å². The number of aromatic nitrogens is 1. The Balaban J connectivity index is 2.77. The molecule has 0 unspecified atom stereocenters. The van der Waals surface area contributed by atoms with E-state index in [9.17, 15) is 9.90 Å². The van der Waals surface area contributed by atoms with Crippen molar-refractivity contribution in [2.24, 2.45) is 5.92 Å². The maximum atomic E-state index is 11.4. The van der Waals surface area contributed by atoms with Crippen molar-refractivity contribution in [1.82, 2.24) is 4.98 Å². The van der Waals surface area contributed by atoms with E-state index in [-0.39, 0.29) is 6.61 Å². The van der Waals surface area contributed by atoms with Crippen LogP contribution >= 0.6 is 0 Å². The molecule has 0 aliphatic carbocycles. The summed E-state index contributed by atoms with van der Waals surface area (Å²) in [6, 6.07) is 3.29. The number of hydrogen-bond acceptors (Lipinski definition) is 5. The predicted octanol–water partition coefficient (Wildman–Crippen LogP) is 0.287. The average molecular weight is 225 g/mol. The molecule has 0 spiro atoms. The van der Waals surface area contributed by atoms with Gasteiger partial charge >= 0.3 is 5.97 Å². The largest absolute Gasteiger partial charge is 0.466 e. The molecule has 1 aromatic heterocycles. The molecule has 0 aliphatic rings. The molecule has 0 saturated heterocycles. The molecule has 2 atom stereocenters. The van der Waals surface area contributed by atoms with Crippen LogP contribution in [0.3, 0.4) is 0 Å². The fourth-order valence-corrected chi connectivity index (χ4v) is 1.34. The summed E-state index contributed by atoms with van der Waals surface area (Å²) in [5, 5.41) is 19.0. The van der Waals surface area contributed by atoms with Gasteiger partial charge in [0.2, 0.25) is 0 Å². The highest BCUT2D eigenvalue weighted by Crippen LogP contribution is 2.21. The summed E-state index contributed by atoms with van der Waals surface area (Å²) < 4.78 is 4.76. The van der Waals surface area contributed by atoms with Crippen LogP contribution in [0.25, 0.3) is 0 Å². The van der Waals surface area contributed by atoms with E-state index in [4.69, 9.17) is 9.84 Å². The minimum absolute atomic E-state index is 0.217. The lowest BCUT2D eigenvalue weighted by atomic mass is 9.98. The molecule has 0 bridgehead atoms. The quantitative estimate of drug-likeness (QED) is 0.704. The number of aliphatic hydroxyl groups is 2. The Morgan fingerprint density at radius 1 is 1.62 bits per heavy atom. The number of carbonyl (C=O) groups excluding carboxylic acids is 1. The molecule has 1 rings (SSSR count). The lowest BCUT2D eigenvalue weighted by Gasteiger charge is -2.19. The fourth-order valence-electron chi connectivity index (χ4n) is 1.34. The number of nitrogens with zero attached hydrogens (tertiary/aromatic N) is 1. The molecule has 1 aromatic rings. The molecule has 88 valence electrons. The number of pyridine rings is 1. The first-order valence-electron chi connectivity index (χ1n) is 5.06. The van der Waals surface area contributed by atoms with E-state index in [2.05, 4.69) is 4.98 Å². The van der Waals surface area contributed by atoms with E-state index in [0.717, 1.165) is 0 Å². The second-order valence-electron chi connectivity index (χ2n) is 3.27. The van der Waals surface area contributed by atoms with E-state index in [1.165, 1.54) is 6.20 Å². The molecule has 2 N–H and O–H groups in total. The molecule has 0 amide bonds. The van der Waals surface area contributed by atoms with Crippen LogP contribution in [0.1, 0.15) is 18.6 Å². The van der Waals surface area contributed by atoms with Crippen molar-refractivity contribution < 1.29 is 19.7 Å². The van der Waals surface area contributed by atoms with E-state index < -0.39 is 24.6 Å². The predicted molar refractivity (Wildman–Crippen MR) is 56.4 cm³/mol. The zero-order chi connectivity index (χ0) is 12.0. The molecular weight excluding hydrogens is 210 g/mol. The summed E-state index contributed by atoms with van der Waals surface area (Å²) >= 11 is 0. The SMILES string of the molecule is CCOC(=O)[C@H](CO)[C@H](O)c1cccnc1. The van der Waals surface area contributed by atoms with Crippen LogP contribution < -0.4 is 0 Å². The Morgan fingerprint density at radius 2 is 2.38 bits per heavy atom. The number of rotatable bonds is 5. The normalized spacial score (nSPS) is 14.2. The number of hydrogen-bond donors (Lipinski definition) is 2. The number of aliphatic hydroxyl groups excluding tert-OH is 2. The summed E-state index contributed by atoms with van der Waals surface area (Å²) in [5.41, 5.74) is 0.481. The molecule has 1 heterocycles. The van der Waals surface area contributed by atoms with E-state index in [1.54, 1.807) is 25.3 Å². The van der Waals surface area contributed by atoms with Crippen molar-refractivity contribution in [3.63, 3.8) is 0 Å². The van der Waals surface area contributed by atoms with Gasteiger partial charge in [-0.25, -0.2) is 0 Å². The van der Waals surface area contributed by atoms with Gasteiger partial charge < -0.3 is 14.9 Å². The van der Waals surface area contributed by atoms with Gasteiger partial charge in [-0.05, 0) is 18.6 Å². The van der Waals surface area contributed by atoms with E-state index in [1.807, 2.05) is 0 Å². The Hall–Kier alpha value is -1.46. The lowest BCUT2D eigenvalue weighted by molar-refractivity contribution is -0.154. The van der Waals surface area contributed by atoms with Crippen LogP contribution in [0.5, 0.6) is 0 Å². The topological polar surface area (TPSA) is 79.7 Å². The molecule has 0 aromatic carbocycles. The van der Waals surface area contributed by atoms with Crippen molar-refractivity contribution in [3.05, 3.63) is 30.1 Å². The van der Waals surface area contributed by atoms with Crippen molar-refractivity contribution in [3.8, 4) is 0 Å². The number of ether oxygens (including phenoxy) is 1. The first kappa shape index (κ1) is 12.6. The molecule has 0 saturated carbocycles. The summed E-state index contributed by atoms with van der Waals surface area (Å²) in [7, 11) is 0. The van der Waals surface area contributed by atoms with Gasteiger partial charge in [-0.2, -0.15) is 0 Å². The average Bonchev–Trinajstić information content (AvgIpc) is 2.31. The summed E-state index contributed by atoms with van der Waals surface area (Å²) in [6.07, 6.45) is 1.92. The first-order valence-corrected chi connectivity index (χ1v) is 5.06. The molecule has 5 heteroatoms. The fraction of sp³-hybridized carbons (Fsp3) is 0.455. The van der Waals surface area contributed by atoms with Crippen LogP contribution in [-0.4, -0.2) is 34.4 Å². The summed E-state index contributed by atoms with van der Waals surface area (Å²) in [6.45, 7) is 1.42. The molecule has 16 heavy (non-hydrogen) atoms. The van der Waals surface area contributed by atoms with Crippen LogP contribution in [0.2, 0.25) is 0 Å². The highest BCUT2D eigenvalue weighted by atomic mass is 16.5. The van der Waals surface area contributed by atoms with Crippen LogP contribution in [-0.2, 0) is 9.53 Å². The zero-order valence-corrected chi connectivity index (χ0v) is 9.04. The van der Waals surface area contributed by atoms with Gasteiger partial charge in [-0.3, -0.25) is 9.78 Å². The molecule has 0 radical (unpaired) electrons. The molecule has 0 aliphatic heterocycles. The first-order chi connectivity index (χ1) is 7.70. The monoisotopic (exact) mass is 225 g/mol. The minimum Gasteiger partial charge on any atom is -0.466 e. The third kappa shape index (κ3) is 3.01. The maximum Gasteiger partial charge on any atom is 0.314 e. The van der Waals surface area contributed by atoms with Crippen LogP contribution in [0, 0.1) is 5.92 Å². The highest BCUT2D eigenvalue weighted by molar-refractivity contribution is 5.73. The van der Waals surface area contributed by atoms with Gasteiger partial charge in [0.15, 0.2) is 0 Å². The van der Waals surface area contributed by atoms with Crippen LogP contribution in [0.15, 0.2) is 24.5 Å². The van der Waals surface area contributed by atoms with Crippen molar-refractivity contribution in [2.45, 2.75) is 13.0 Å². The van der Waals surface area contributed by atoms with Crippen molar-refractivity contribution in [2.75, 3.05) is 13.2 Å². The van der Waals surface area contributed by atoms with Gasteiger partial charge in [0, 0.05) is 12.4 Å². The number of carbonyl (C=O) groups is 1. The highest BCUT2D eigenvalue weighted by Gasteiger charge is 2.28. The molecular formula is C11H15NO4. The maximum absolute atomic E-state index is 11.4. The van der Waals surface area contributed by atoms with Crippen molar-refractivity contribution >= 4 is 5.97 Å². The van der Waals surface area contributed by atoms with E-state index in [0.29, 0.717) is 5.56 Å².